The molecule has 10 heteroatoms. The van der Waals surface area contributed by atoms with Crippen molar-refractivity contribution in [1.29, 1.82) is 0 Å². The molecule has 0 bridgehead atoms. The molecular formula is C17H24ClF3IN5. The van der Waals surface area contributed by atoms with Gasteiger partial charge in [0.05, 0.1) is 10.6 Å². The minimum absolute atomic E-state index is 0. The third kappa shape index (κ3) is 6.27. The van der Waals surface area contributed by atoms with E-state index < -0.39 is 11.7 Å². The summed E-state index contributed by atoms with van der Waals surface area (Å²) in [6, 6.07) is 1.07. The van der Waals surface area contributed by atoms with Crippen LogP contribution < -0.4 is 15.5 Å². The zero-order valence-corrected chi connectivity index (χ0v) is 18.1. The zero-order chi connectivity index (χ0) is 18.7. The summed E-state index contributed by atoms with van der Waals surface area (Å²) in [4.78, 5) is 10.1. The first kappa shape index (κ1) is 22.3. The number of hydrogen-bond donors (Lipinski definition) is 2. The van der Waals surface area contributed by atoms with Crippen molar-refractivity contribution in [2.24, 2.45) is 10.9 Å². The van der Waals surface area contributed by atoms with E-state index in [2.05, 4.69) is 20.6 Å². The fourth-order valence-corrected chi connectivity index (χ4v) is 3.36. The van der Waals surface area contributed by atoms with Crippen LogP contribution in [0.5, 0.6) is 0 Å². The Bertz CT molecular complexity index is 666. The summed E-state index contributed by atoms with van der Waals surface area (Å²) in [5.41, 5.74) is -0.833. The van der Waals surface area contributed by atoms with Gasteiger partial charge in [-0.05, 0) is 24.8 Å². The Morgan fingerprint density at radius 3 is 2.70 bits per heavy atom. The Morgan fingerprint density at radius 1 is 1.37 bits per heavy atom. The van der Waals surface area contributed by atoms with Crippen molar-refractivity contribution >= 4 is 47.4 Å². The molecule has 1 aliphatic carbocycles. The fourth-order valence-electron chi connectivity index (χ4n) is 3.08. The second-order valence-electron chi connectivity index (χ2n) is 6.83. The molecule has 2 N–H and O–H groups in total. The Hall–Kier alpha value is -0.970. The van der Waals surface area contributed by atoms with E-state index in [1.165, 1.54) is 12.8 Å². The first-order valence-electron chi connectivity index (χ1n) is 8.81. The van der Waals surface area contributed by atoms with E-state index in [4.69, 9.17) is 11.6 Å². The molecule has 0 aromatic carbocycles. The molecule has 1 saturated carbocycles. The van der Waals surface area contributed by atoms with Crippen molar-refractivity contribution in [3.05, 3.63) is 22.8 Å². The summed E-state index contributed by atoms with van der Waals surface area (Å²) < 4.78 is 38.2. The lowest BCUT2D eigenvalue weighted by atomic mass is 10.2. The second kappa shape index (κ2) is 9.49. The molecule has 1 atom stereocenters. The van der Waals surface area contributed by atoms with Crippen molar-refractivity contribution in [3.8, 4) is 0 Å². The topological polar surface area (TPSA) is 52.6 Å². The molecule has 27 heavy (non-hydrogen) atoms. The van der Waals surface area contributed by atoms with Crippen molar-refractivity contribution in [3.63, 3.8) is 0 Å². The summed E-state index contributed by atoms with van der Waals surface area (Å²) in [7, 11) is 1.73. The number of rotatable bonds is 5. The summed E-state index contributed by atoms with van der Waals surface area (Å²) in [6.07, 6.45) is 1.03. The summed E-state index contributed by atoms with van der Waals surface area (Å²) in [6.45, 7) is 2.18. The normalized spacial score (nSPS) is 20.4. The van der Waals surface area contributed by atoms with Gasteiger partial charge in [-0.25, -0.2) is 4.98 Å². The van der Waals surface area contributed by atoms with Crippen LogP contribution in [0.3, 0.4) is 0 Å². The van der Waals surface area contributed by atoms with Gasteiger partial charge in [-0.1, -0.05) is 24.4 Å². The highest BCUT2D eigenvalue weighted by Crippen LogP contribution is 2.34. The first-order valence-corrected chi connectivity index (χ1v) is 9.19. The molecule has 0 spiro atoms. The second-order valence-corrected chi connectivity index (χ2v) is 7.24. The van der Waals surface area contributed by atoms with Gasteiger partial charge in [0.15, 0.2) is 5.96 Å². The van der Waals surface area contributed by atoms with Gasteiger partial charge in [-0.3, -0.25) is 4.99 Å². The molecule has 5 nitrogen and oxygen atoms in total. The van der Waals surface area contributed by atoms with E-state index in [1.54, 1.807) is 7.05 Å². The monoisotopic (exact) mass is 517 g/mol. The van der Waals surface area contributed by atoms with Crippen LogP contribution in [0.1, 0.15) is 31.2 Å². The van der Waals surface area contributed by atoms with Gasteiger partial charge < -0.3 is 15.5 Å². The van der Waals surface area contributed by atoms with E-state index >= 15 is 0 Å². The standard InChI is InChI=1S/C17H23ClF3N5.HI/c1-22-16(23-6-4-11-2-3-11)25-13-5-7-26(10-13)15-14(18)8-12(9-24-15)17(19,20)21;/h8-9,11,13H,2-7,10H2,1H3,(H2,22,23,25);1H. The third-order valence-corrected chi connectivity index (χ3v) is 5.02. The summed E-state index contributed by atoms with van der Waals surface area (Å²) in [5.74, 6) is 2.00. The van der Waals surface area contributed by atoms with Gasteiger partial charge in [0.1, 0.15) is 5.82 Å². The van der Waals surface area contributed by atoms with Gasteiger partial charge in [0.2, 0.25) is 0 Å². The molecule has 152 valence electrons. The van der Waals surface area contributed by atoms with Crippen LogP contribution in [0.2, 0.25) is 5.02 Å². The van der Waals surface area contributed by atoms with E-state index in [-0.39, 0.29) is 35.0 Å². The largest absolute Gasteiger partial charge is 0.417 e. The molecule has 1 aromatic heterocycles. The van der Waals surface area contributed by atoms with E-state index in [0.29, 0.717) is 18.9 Å². The summed E-state index contributed by atoms with van der Waals surface area (Å²) >= 11 is 6.04. The molecule has 1 aromatic rings. The fraction of sp³-hybridized carbons (Fsp3) is 0.647. The number of nitrogens with one attached hydrogen (secondary N) is 2. The average molecular weight is 518 g/mol. The van der Waals surface area contributed by atoms with Gasteiger partial charge in [-0.15, -0.1) is 24.0 Å². The van der Waals surface area contributed by atoms with E-state index in [9.17, 15) is 13.2 Å². The van der Waals surface area contributed by atoms with Crippen LogP contribution in [-0.2, 0) is 6.18 Å². The van der Waals surface area contributed by atoms with Crippen LogP contribution in [0.15, 0.2) is 17.3 Å². The molecule has 2 aliphatic rings. The Kier molecular flexibility index (Phi) is 7.84. The Balaban J connectivity index is 0.00000261. The smallest absolute Gasteiger partial charge is 0.356 e. The van der Waals surface area contributed by atoms with Gasteiger partial charge in [0.25, 0.3) is 0 Å². The van der Waals surface area contributed by atoms with Crippen LogP contribution in [-0.4, -0.2) is 43.7 Å². The number of aliphatic imine (C=N–C) groups is 1. The highest BCUT2D eigenvalue weighted by Gasteiger charge is 2.33. The number of guanidine groups is 1. The number of anilines is 1. The molecule has 3 rings (SSSR count). The Labute approximate surface area is 179 Å². The minimum atomic E-state index is -4.44. The lowest BCUT2D eigenvalue weighted by molar-refractivity contribution is -0.137. The van der Waals surface area contributed by atoms with Gasteiger partial charge in [0, 0.05) is 38.9 Å². The molecule has 0 radical (unpaired) electrons. The number of aromatic nitrogens is 1. The maximum Gasteiger partial charge on any atom is 0.417 e. The number of halogens is 5. The highest BCUT2D eigenvalue weighted by atomic mass is 127. The van der Waals surface area contributed by atoms with Crippen molar-refractivity contribution in [2.45, 2.75) is 37.9 Å². The van der Waals surface area contributed by atoms with Crippen LogP contribution in [0, 0.1) is 5.92 Å². The minimum Gasteiger partial charge on any atom is -0.356 e. The quantitative estimate of drug-likeness (QED) is 0.353. The first-order chi connectivity index (χ1) is 12.4. The Morgan fingerprint density at radius 2 is 2.11 bits per heavy atom. The number of nitrogens with zero attached hydrogens (tertiary/aromatic N) is 3. The van der Waals surface area contributed by atoms with Gasteiger partial charge in [-0.2, -0.15) is 13.2 Å². The molecule has 1 saturated heterocycles. The molecule has 0 amide bonds. The maximum absolute atomic E-state index is 12.7. The third-order valence-electron chi connectivity index (χ3n) is 4.74. The predicted octanol–water partition coefficient (Wildman–Crippen LogP) is 3.92. The van der Waals surface area contributed by atoms with E-state index in [1.807, 2.05) is 4.90 Å². The van der Waals surface area contributed by atoms with Crippen LogP contribution in [0.4, 0.5) is 19.0 Å². The molecule has 1 unspecified atom stereocenters. The lowest BCUT2D eigenvalue weighted by Crippen LogP contribution is -2.45. The van der Waals surface area contributed by atoms with Crippen molar-refractivity contribution in [2.75, 3.05) is 31.6 Å². The summed E-state index contributed by atoms with van der Waals surface area (Å²) in [5, 5.41) is 6.69. The maximum atomic E-state index is 12.7. The van der Waals surface area contributed by atoms with Crippen molar-refractivity contribution in [1.82, 2.24) is 15.6 Å². The molecule has 2 fully saturated rings. The molecular weight excluding hydrogens is 494 g/mol. The highest BCUT2D eigenvalue weighted by molar-refractivity contribution is 14.0. The number of pyridine rings is 1. The van der Waals surface area contributed by atoms with E-state index in [0.717, 1.165) is 43.5 Å². The molecule has 2 heterocycles. The van der Waals surface area contributed by atoms with Crippen molar-refractivity contribution < 1.29 is 13.2 Å². The zero-order valence-electron chi connectivity index (χ0n) is 15.0. The predicted molar refractivity (Wildman–Crippen MR) is 112 cm³/mol. The van der Waals surface area contributed by atoms with Crippen LogP contribution in [0.25, 0.3) is 0 Å². The number of hydrogen-bond acceptors (Lipinski definition) is 3. The SMILES string of the molecule is CN=C(NCCC1CC1)NC1CCN(c2ncc(C(F)(F)F)cc2Cl)C1.I. The lowest BCUT2D eigenvalue weighted by Gasteiger charge is -2.21. The van der Waals surface area contributed by atoms with Crippen LogP contribution >= 0.6 is 35.6 Å². The average Bonchev–Trinajstić information content (AvgIpc) is 3.30. The number of alkyl halides is 3. The molecule has 1 aliphatic heterocycles. The van der Waals surface area contributed by atoms with Gasteiger partial charge >= 0.3 is 6.18 Å².